The molecule has 0 spiro atoms. The Bertz CT molecular complexity index is 351. The maximum Gasteiger partial charge on any atom is 0.306 e. The lowest BCUT2D eigenvalue weighted by atomic mass is 10.2. The predicted octanol–water partition coefficient (Wildman–Crippen LogP) is 2.72. The number of hydrogen-bond acceptors (Lipinski definition) is 4. The number of carbonyl (C=O) groups excluding carboxylic acids is 1. The number of hydrogen-bond donors (Lipinski definition) is 1. The summed E-state index contributed by atoms with van der Waals surface area (Å²) in [5.74, 6) is 1.22. The molecule has 16 heavy (non-hydrogen) atoms. The van der Waals surface area contributed by atoms with Crippen LogP contribution in [0.5, 0.6) is 0 Å². The smallest absolute Gasteiger partial charge is 0.306 e. The van der Waals surface area contributed by atoms with Gasteiger partial charge in [0.05, 0.1) is 13.5 Å². The van der Waals surface area contributed by atoms with Crippen molar-refractivity contribution < 1.29 is 9.53 Å². The molecule has 5 heteroatoms. The van der Waals surface area contributed by atoms with Crippen molar-refractivity contribution in [1.29, 1.82) is 0 Å². The number of nitrogen functional groups attached to an aromatic ring is 1. The fourth-order valence-electron chi connectivity index (χ4n) is 1.16. The number of anilines is 1. The lowest BCUT2D eigenvalue weighted by Gasteiger charge is -2.07. The van der Waals surface area contributed by atoms with Crippen molar-refractivity contribution >= 4 is 35.0 Å². The predicted molar refractivity (Wildman–Crippen MR) is 68.7 cm³/mol. The van der Waals surface area contributed by atoms with E-state index in [1.807, 2.05) is 18.2 Å². The maximum atomic E-state index is 10.9. The molecule has 0 saturated carbocycles. The van der Waals surface area contributed by atoms with Gasteiger partial charge in [0.15, 0.2) is 0 Å². The Morgan fingerprint density at radius 2 is 2.31 bits per heavy atom. The molecule has 1 aromatic rings. The molecule has 0 radical (unpaired) electrons. The van der Waals surface area contributed by atoms with Crippen LogP contribution in [0.2, 0.25) is 5.02 Å². The van der Waals surface area contributed by atoms with Gasteiger partial charge in [0.25, 0.3) is 0 Å². The van der Waals surface area contributed by atoms with Crippen LogP contribution in [0.1, 0.15) is 12.0 Å². The van der Waals surface area contributed by atoms with Gasteiger partial charge in [-0.25, -0.2) is 0 Å². The minimum absolute atomic E-state index is 0.195. The zero-order valence-electron chi connectivity index (χ0n) is 9.03. The number of nitrogens with two attached hydrogens (primary N) is 1. The molecule has 0 saturated heterocycles. The number of ether oxygens (including phenoxy) is 1. The lowest BCUT2D eigenvalue weighted by Crippen LogP contribution is -2.01. The minimum Gasteiger partial charge on any atom is -0.469 e. The molecule has 0 aliphatic carbocycles. The number of esters is 1. The van der Waals surface area contributed by atoms with Gasteiger partial charge in [-0.05, 0) is 12.1 Å². The molecular formula is C11H14ClNO2S. The summed E-state index contributed by atoms with van der Waals surface area (Å²) >= 11 is 7.63. The highest BCUT2D eigenvalue weighted by molar-refractivity contribution is 7.98. The summed E-state index contributed by atoms with van der Waals surface area (Å²) < 4.78 is 4.55. The number of carbonyl (C=O) groups is 1. The number of methoxy groups -OCH3 is 1. The molecule has 2 N–H and O–H groups in total. The van der Waals surface area contributed by atoms with Crippen LogP contribution in [0, 0.1) is 0 Å². The van der Waals surface area contributed by atoms with E-state index in [1.54, 1.807) is 11.8 Å². The number of halogens is 1. The van der Waals surface area contributed by atoms with Gasteiger partial charge in [-0.2, -0.15) is 11.8 Å². The molecule has 1 aromatic carbocycles. The average molecular weight is 260 g/mol. The van der Waals surface area contributed by atoms with Crippen LogP contribution < -0.4 is 5.73 Å². The summed E-state index contributed by atoms with van der Waals surface area (Å²) in [4.78, 5) is 10.9. The highest BCUT2D eigenvalue weighted by atomic mass is 35.5. The van der Waals surface area contributed by atoms with E-state index in [0.29, 0.717) is 28.6 Å². The third kappa shape index (κ3) is 3.94. The van der Waals surface area contributed by atoms with Crippen LogP contribution in [0.3, 0.4) is 0 Å². The van der Waals surface area contributed by atoms with Crippen molar-refractivity contribution in [3.05, 3.63) is 28.8 Å². The van der Waals surface area contributed by atoms with E-state index in [1.165, 1.54) is 7.11 Å². The first-order valence-corrected chi connectivity index (χ1v) is 6.36. The second kappa shape index (κ2) is 6.66. The second-order valence-corrected chi connectivity index (χ2v) is 4.70. The molecule has 0 aliphatic heterocycles. The standard InChI is InChI=1S/C11H14ClNO2S/c1-15-11(14)5-6-16-7-8-9(12)3-2-4-10(8)13/h2-4H,5-7,13H2,1H3. The first-order valence-electron chi connectivity index (χ1n) is 4.82. The summed E-state index contributed by atoms with van der Waals surface area (Å²) in [6.45, 7) is 0. The summed E-state index contributed by atoms with van der Waals surface area (Å²) in [5.41, 5.74) is 7.42. The van der Waals surface area contributed by atoms with Crippen LogP contribution in [0.25, 0.3) is 0 Å². The lowest BCUT2D eigenvalue weighted by molar-refractivity contribution is -0.140. The molecule has 0 unspecified atom stereocenters. The molecule has 0 fully saturated rings. The third-order valence-corrected chi connectivity index (χ3v) is 3.42. The van der Waals surface area contributed by atoms with Gasteiger partial charge in [-0.1, -0.05) is 17.7 Å². The van der Waals surface area contributed by atoms with Crippen molar-refractivity contribution in [2.75, 3.05) is 18.6 Å². The second-order valence-electron chi connectivity index (χ2n) is 3.19. The van der Waals surface area contributed by atoms with Gasteiger partial charge in [-0.15, -0.1) is 0 Å². The zero-order valence-corrected chi connectivity index (χ0v) is 10.6. The van der Waals surface area contributed by atoms with E-state index >= 15 is 0 Å². The Labute approximate surface area is 104 Å². The average Bonchev–Trinajstić information content (AvgIpc) is 2.27. The SMILES string of the molecule is COC(=O)CCSCc1c(N)cccc1Cl. The van der Waals surface area contributed by atoms with Crippen LogP contribution >= 0.6 is 23.4 Å². The Kier molecular flexibility index (Phi) is 5.49. The van der Waals surface area contributed by atoms with Crippen LogP contribution in [0.15, 0.2) is 18.2 Å². The maximum absolute atomic E-state index is 10.9. The van der Waals surface area contributed by atoms with Gasteiger partial charge in [0.2, 0.25) is 0 Å². The van der Waals surface area contributed by atoms with Crippen LogP contribution in [0.4, 0.5) is 5.69 Å². The number of rotatable bonds is 5. The quantitative estimate of drug-likeness (QED) is 0.502. The fourth-order valence-corrected chi connectivity index (χ4v) is 2.47. The summed E-state index contributed by atoms with van der Waals surface area (Å²) in [6, 6.07) is 5.45. The molecule has 0 aromatic heterocycles. The van der Waals surface area contributed by atoms with Gasteiger partial charge >= 0.3 is 5.97 Å². The molecule has 1 rings (SSSR count). The van der Waals surface area contributed by atoms with E-state index in [4.69, 9.17) is 17.3 Å². The summed E-state index contributed by atoms with van der Waals surface area (Å²) in [6.07, 6.45) is 0.408. The van der Waals surface area contributed by atoms with Gasteiger partial charge in [0, 0.05) is 27.8 Å². The van der Waals surface area contributed by atoms with Crippen molar-refractivity contribution in [3.63, 3.8) is 0 Å². The highest BCUT2D eigenvalue weighted by Crippen LogP contribution is 2.26. The van der Waals surface area contributed by atoms with Gasteiger partial charge in [-0.3, -0.25) is 4.79 Å². The third-order valence-electron chi connectivity index (χ3n) is 2.08. The molecule has 0 heterocycles. The normalized spacial score (nSPS) is 10.1. The van der Waals surface area contributed by atoms with Crippen LogP contribution in [-0.4, -0.2) is 18.8 Å². The fraction of sp³-hybridized carbons (Fsp3) is 0.364. The monoisotopic (exact) mass is 259 g/mol. The highest BCUT2D eigenvalue weighted by Gasteiger charge is 2.05. The van der Waals surface area contributed by atoms with E-state index in [2.05, 4.69) is 4.74 Å². The van der Waals surface area contributed by atoms with Crippen molar-refractivity contribution in [1.82, 2.24) is 0 Å². The Balaban J connectivity index is 2.40. The van der Waals surface area contributed by atoms with Crippen molar-refractivity contribution in [2.24, 2.45) is 0 Å². The number of thioether (sulfide) groups is 1. The molecule has 0 amide bonds. The molecule has 0 bridgehead atoms. The molecule has 0 aliphatic rings. The molecule has 0 atom stereocenters. The van der Waals surface area contributed by atoms with E-state index in [0.717, 1.165) is 5.56 Å². The summed E-state index contributed by atoms with van der Waals surface area (Å²) in [5, 5.41) is 0.672. The minimum atomic E-state index is -0.195. The van der Waals surface area contributed by atoms with Crippen molar-refractivity contribution in [3.8, 4) is 0 Å². The number of benzene rings is 1. The van der Waals surface area contributed by atoms with E-state index in [9.17, 15) is 4.79 Å². The van der Waals surface area contributed by atoms with E-state index in [-0.39, 0.29) is 5.97 Å². The first kappa shape index (κ1) is 13.2. The zero-order chi connectivity index (χ0) is 12.0. The largest absolute Gasteiger partial charge is 0.469 e. The Hall–Kier alpha value is -0.870. The van der Waals surface area contributed by atoms with Gasteiger partial charge < -0.3 is 10.5 Å². The molecule has 88 valence electrons. The van der Waals surface area contributed by atoms with Gasteiger partial charge in [0.1, 0.15) is 0 Å². The van der Waals surface area contributed by atoms with E-state index < -0.39 is 0 Å². The molecular weight excluding hydrogens is 246 g/mol. The molecule has 3 nitrogen and oxygen atoms in total. The van der Waals surface area contributed by atoms with Crippen LogP contribution in [-0.2, 0) is 15.3 Å². The summed E-state index contributed by atoms with van der Waals surface area (Å²) in [7, 11) is 1.39. The Morgan fingerprint density at radius 3 is 2.94 bits per heavy atom. The van der Waals surface area contributed by atoms with Crippen molar-refractivity contribution in [2.45, 2.75) is 12.2 Å². The Morgan fingerprint density at radius 1 is 1.56 bits per heavy atom. The first-order chi connectivity index (χ1) is 7.65. The topological polar surface area (TPSA) is 52.3 Å².